The van der Waals surface area contributed by atoms with Crippen molar-refractivity contribution in [2.75, 3.05) is 0 Å². The third-order valence-corrected chi connectivity index (χ3v) is 3.66. The van der Waals surface area contributed by atoms with Crippen LogP contribution in [0.3, 0.4) is 0 Å². The molecule has 0 saturated carbocycles. The maximum absolute atomic E-state index is 5.10. The van der Waals surface area contributed by atoms with Crippen LogP contribution in [0.4, 0.5) is 0 Å². The number of rotatable bonds is 3. The summed E-state index contributed by atoms with van der Waals surface area (Å²) in [5, 5.41) is 0. The van der Waals surface area contributed by atoms with Gasteiger partial charge in [-0.2, -0.15) is 0 Å². The van der Waals surface area contributed by atoms with Gasteiger partial charge in [0.1, 0.15) is 12.0 Å². The Labute approximate surface area is 241 Å². The Kier molecular flexibility index (Phi) is 21.1. The molecule has 0 saturated heterocycles. The molecule has 3 heterocycles. The Morgan fingerprint density at radius 1 is 0.800 bits per heavy atom. The molecule has 0 aromatic carbocycles. The molecule has 0 unspecified atom stereocenters. The van der Waals surface area contributed by atoms with Crippen LogP contribution in [-0.4, -0.2) is 15.0 Å². The minimum Gasteiger partial charge on any atom is -0.630 e. The Balaban J connectivity index is -0.000000195. The molecule has 0 atom stereocenters. The summed E-state index contributed by atoms with van der Waals surface area (Å²) in [5.41, 5.74) is 1.75. The van der Waals surface area contributed by atoms with Crippen LogP contribution in [0, 0.1) is 29.4 Å². The van der Waals surface area contributed by atoms with E-state index in [0.717, 1.165) is 36.6 Å². The minimum atomic E-state index is 0. The SMILES string of the molecule is C.C.C.CC(C)(C)Cc1cnco1.CC(C)(C)Cc1ncco1.Cc1nc(CC(C)(C)C)[c-]o1.[Y]. The van der Waals surface area contributed by atoms with E-state index in [2.05, 4.69) is 83.5 Å². The molecule has 0 aliphatic rings. The average molecular weight is 568 g/mol. The van der Waals surface area contributed by atoms with Gasteiger partial charge < -0.3 is 18.2 Å². The average Bonchev–Trinajstić information content (AvgIpc) is 3.29. The predicted molar refractivity (Wildman–Crippen MR) is 143 cm³/mol. The van der Waals surface area contributed by atoms with E-state index in [4.69, 9.17) is 13.3 Å². The van der Waals surface area contributed by atoms with Crippen LogP contribution in [0.25, 0.3) is 0 Å². The van der Waals surface area contributed by atoms with Crippen LogP contribution in [0.15, 0.2) is 38.3 Å². The van der Waals surface area contributed by atoms with Crippen molar-refractivity contribution in [2.45, 2.75) is 111 Å². The van der Waals surface area contributed by atoms with Gasteiger partial charge in [0.2, 0.25) is 0 Å². The number of hydrogen-bond acceptors (Lipinski definition) is 6. The summed E-state index contributed by atoms with van der Waals surface area (Å²) >= 11 is 0. The van der Waals surface area contributed by atoms with Gasteiger partial charge in [-0.25, -0.2) is 9.97 Å². The standard InChI is InChI=1S/C9H14NO.2C8H13NO.3CH4.Y/c1-7-10-8(6-11-7)5-9(2,3)4;1-8(2,3)4-7-5-9-6-10-7;1-8(2,3)6-7-9-4-5-10-7;;;;/h5H2,1-4H3;5-6H,4H2,1-3H3;4-5H,6H2,1-3H3;3*1H4;/q-1;;;;;;. The van der Waals surface area contributed by atoms with Crippen LogP contribution in [0.5, 0.6) is 0 Å². The second-order valence-corrected chi connectivity index (χ2v) is 11.4. The summed E-state index contributed by atoms with van der Waals surface area (Å²) in [6.07, 6.45) is 12.1. The fourth-order valence-electron chi connectivity index (χ4n) is 2.59. The quantitative estimate of drug-likeness (QED) is 0.294. The molecular formula is C28H52N3O3Y-. The van der Waals surface area contributed by atoms with Gasteiger partial charge in [0.15, 0.2) is 12.3 Å². The monoisotopic (exact) mass is 567 g/mol. The van der Waals surface area contributed by atoms with Gasteiger partial charge in [0, 0.05) is 51.4 Å². The minimum absolute atomic E-state index is 0. The van der Waals surface area contributed by atoms with Gasteiger partial charge in [0.05, 0.1) is 12.4 Å². The molecule has 0 aliphatic carbocycles. The van der Waals surface area contributed by atoms with E-state index in [1.54, 1.807) is 18.7 Å². The van der Waals surface area contributed by atoms with Crippen molar-refractivity contribution in [3.63, 3.8) is 0 Å². The normalized spacial score (nSPS) is 10.6. The third kappa shape index (κ3) is 22.9. The van der Waals surface area contributed by atoms with Crippen molar-refractivity contribution >= 4 is 0 Å². The smallest absolute Gasteiger partial charge is 0.194 e. The number of aryl methyl sites for hydroxylation is 1. The molecule has 3 aromatic rings. The molecule has 35 heavy (non-hydrogen) atoms. The summed E-state index contributed by atoms with van der Waals surface area (Å²) in [6, 6.07) is 0. The third-order valence-electron chi connectivity index (χ3n) is 3.66. The fraction of sp³-hybridized carbons (Fsp3) is 0.679. The summed E-state index contributed by atoms with van der Waals surface area (Å²) < 4.78 is 15.2. The van der Waals surface area contributed by atoms with Crippen LogP contribution >= 0.6 is 0 Å². The van der Waals surface area contributed by atoms with E-state index in [-0.39, 0.29) is 65.8 Å². The number of hydrogen-bond donors (Lipinski definition) is 0. The summed E-state index contributed by atoms with van der Waals surface area (Å²) in [4.78, 5) is 12.0. The Morgan fingerprint density at radius 3 is 1.69 bits per heavy atom. The fourth-order valence-corrected chi connectivity index (χ4v) is 2.59. The summed E-state index contributed by atoms with van der Waals surface area (Å²) in [7, 11) is 0. The topological polar surface area (TPSA) is 78.1 Å². The van der Waals surface area contributed by atoms with Crippen LogP contribution < -0.4 is 0 Å². The Hall–Kier alpha value is -1.27. The largest absolute Gasteiger partial charge is 0.630 e. The molecule has 0 spiro atoms. The van der Waals surface area contributed by atoms with E-state index in [9.17, 15) is 0 Å². The molecule has 201 valence electrons. The van der Waals surface area contributed by atoms with Gasteiger partial charge in [0.25, 0.3) is 0 Å². The maximum Gasteiger partial charge on any atom is 0.194 e. The first-order chi connectivity index (χ1) is 14.1. The summed E-state index contributed by atoms with van der Waals surface area (Å²) in [6.45, 7) is 21.4. The van der Waals surface area contributed by atoms with Crippen LogP contribution in [-0.2, 0) is 52.0 Å². The van der Waals surface area contributed by atoms with Gasteiger partial charge in [-0.15, -0.1) is 0 Å². The van der Waals surface area contributed by atoms with Crippen molar-refractivity contribution < 1.29 is 46.0 Å². The number of aromatic nitrogens is 3. The first-order valence-electron chi connectivity index (χ1n) is 10.7. The van der Waals surface area contributed by atoms with Crippen LogP contribution in [0.1, 0.15) is 108 Å². The molecule has 0 amide bonds. The van der Waals surface area contributed by atoms with Crippen molar-refractivity contribution in [3.8, 4) is 0 Å². The van der Waals surface area contributed by atoms with Crippen molar-refractivity contribution in [3.05, 3.63) is 54.5 Å². The van der Waals surface area contributed by atoms with Crippen LogP contribution in [0.2, 0.25) is 0 Å². The van der Waals surface area contributed by atoms with Crippen molar-refractivity contribution in [2.24, 2.45) is 16.2 Å². The number of nitrogens with zero attached hydrogens (tertiary/aromatic N) is 3. The first-order valence-corrected chi connectivity index (χ1v) is 10.7. The van der Waals surface area contributed by atoms with Gasteiger partial charge in [-0.3, -0.25) is 0 Å². The van der Waals surface area contributed by atoms with Gasteiger partial charge in [-0.1, -0.05) is 97.8 Å². The zero-order valence-electron chi connectivity index (χ0n) is 21.6. The molecule has 6 nitrogen and oxygen atoms in total. The molecule has 0 bridgehead atoms. The molecule has 3 rings (SSSR count). The first kappa shape index (κ1) is 40.9. The predicted octanol–water partition coefficient (Wildman–Crippen LogP) is 8.80. The second kappa shape index (κ2) is 18.1. The molecule has 3 aromatic heterocycles. The zero-order chi connectivity index (χ0) is 23.7. The van der Waals surface area contributed by atoms with Gasteiger partial charge in [-0.05, 0) is 28.4 Å². The number of oxazole rings is 3. The van der Waals surface area contributed by atoms with E-state index in [1.165, 1.54) is 6.39 Å². The van der Waals surface area contributed by atoms with E-state index < -0.39 is 0 Å². The molecule has 1 radical (unpaired) electrons. The molecule has 7 heteroatoms. The van der Waals surface area contributed by atoms with E-state index in [0.29, 0.717) is 11.3 Å². The molecule has 0 aliphatic heterocycles. The van der Waals surface area contributed by atoms with E-state index in [1.807, 2.05) is 6.92 Å². The maximum atomic E-state index is 5.10. The second-order valence-electron chi connectivity index (χ2n) is 11.4. The van der Waals surface area contributed by atoms with E-state index >= 15 is 0 Å². The molecule has 0 fully saturated rings. The van der Waals surface area contributed by atoms with Crippen molar-refractivity contribution in [1.82, 2.24) is 15.0 Å². The zero-order valence-corrected chi connectivity index (χ0v) is 24.4. The van der Waals surface area contributed by atoms with Gasteiger partial charge >= 0.3 is 0 Å². The Morgan fingerprint density at radius 2 is 1.34 bits per heavy atom. The Bertz CT molecular complexity index is 789. The summed E-state index contributed by atoms with van der Waals surface area (Å²) in [5.74, 6) is 2.49. The van der Waals surface area contributed by atoms with Crippen molar-refractivity contribution in [1.29, 1.82) is 0 Å². The molecule has 0 N–H and O–H groups in total. The molecular weight excluding hydrogens is 515 g/mol.